The number of rotatable bonds is 5. The van der Waals surface area contributed by atoms with E-state index in [0.717, 1.165) is 0 Å². The number of benzene rings is 1. The first-order chi connectivity index (χ1) is 8.36. The third-order valence-electron chi connectivity index (χ3n) is 2.04. The molecule has 0 aromatic heterocycles. The molecule has 100 valence electrons. The molecule has 0 saturated heterocycles. The van der Waals surface area contributed by atoms with Crippen molar-refractivity contribution in [3.8, 4) is 0 Å². The van der Waals surface area contributed by atoms with E-state index in [0.29, 0.717) is 16.7 Å². The third-order valence-corrected chi connectivity index (χ3v) is 4.44. The number of nitrogens with one attached hydrogen (secondary N) is 2. The highest BCUT2D eigenvalue weighted by molar-refractivity contribution is 9.10. The van der Waals surface area contributed by atoms with Crippen molar-refractivity contribution in [3.05, 3.63) is 22.7 Å². The second kappa shape index (κ2) is 6.17. The van der Waals surface area contributed by atoms with Crippen LogP contribution in [0.3, 0.4) is 0 Å². The number of carbonyl (C=O) groups excluding carboxylic acids is 1. The number of likely N-dealkylation sites (N-methyl/N-ethyl adjacent to an activating group) is 1. The lowest BCUT2D eigenvalue weighted by Gasteiger charge is -2.09. The largest absolute Gasteiger partial charge is 0.399 e. The highest BCUT2D eigenvalue weighted by atomic mass is 79.9. The molecule has 0 spiro atoms. The molecule has 0 atom stereocenters. The summed E-state index contributed by atoms with van der Waals surface area (Å²) in [4.78, 5) is 11.2. The van der Waals surface area contributed by atoms with Crippen LogP contribution >= 0.6 is 15.9 Å². The fourth-order valence-corrected chi connectivity index (χ4v) is 3.20. The van der Waals surface area contributed by atoms with Crippen molar-refractivity contribution in [3.63, 3.8) is 0 Å². The Morgan fingerprint density at radius 1 is 1.44 bits per heavy atom. The number of nitrogens with two attached hydrogens (primary N) is 1. The van der Waals surface area contributed by atoms with E-state index in [4.69, 9.17) is 5.73 Å². The number of hydrogen-bond acceptors (Lipinski definition) is 4. The molecule has 0 aliphatic carbocycles. The second-order valence-corrected chi connectivity index (χ2v) is 6.06. The van der Waals surface area contributed by atoms with E-state index in [1.54, 1.807) is 13.0 Å². The summed E-state index contributed by atoms with van der Waals surface area (Å²) in [6.07, 6.45) is 0. The van der Waals surface area contributed by atoms with Crippen LogP contribution < -0.4 is 15.8 Å². The number of hydrogen-bond donors (Lipinski definition) is 3. The molecular weight excluding hydrogens is 322 g/mol. The lowest BCUT2D eigenvalue weighted by Crippen LogP contribution is -2.36. The van der Waals surface area contributed by atoms with Crippen molar-refractivity contribution < 1.29 is 13.2 Å². The van der Waals surface area contributed by atoms with E-state index in [1.165, 1.54) is 12.1 Å². The van der Waals surface area contributed by atoms with Crippen LogP contribution in [0.1, 0.15) is 6.92 Å². The van der Waals surface area contributed by atoms with Crippen LogP contribution in [0.4, 0.5) is 5.69 Å². The van der Waals surface area contributed by atoms with E-state index in [1.807, 2.05) is 0 Å². The van der Waals surface area contributed by atoms with Gasteiger partial charge in [-0.3, -0.25) is 4.79 Å². The molecule has 0 radical (unpaired) electrons. The Bertz CT molecular complexity index is 545. The molecule has 0 aliphatic rings. The Kier molecular flexibility index (Phi) is 5.12. The van der Waals surface area contributed by atoms with Gasteiger partial charge in [-0.25, -0.2) is 13.1 Å². The molecule has 1 aromatic carbocycles. The van der Waals surface area contributed by atoms with E-state index in [-0.39, 0.29) is 17.3 Å². The average Bonchev–Trinajstić information content (AvgIpc) is 2.30. The van der Waals surface area contributed by atoms with Gasteiger partial charge in [-0.2, -0.15) is 0 Å². The van der Waals surface area contributed by atoms with Crippen LogP contribution in [0.25, 0.3) is 0 Å². The topological polar surface area (TPSA) is 101 Å². The second-order valence-electron chi connectivity index (χ2n) is 3.47. The van der Waals surface area contributed by atoms with E-state index in [2.05, 4.69) is 26.0 Å². The normalized spacial score (nSPS) is 11.2. The Labute approximate surface area is 114 Å². The van der Waals surface area contributed by atoms with Gasteiger partial charge in [0.15, 0.2) is 0 Å². The van der Waals surface area contributed by atoms with Gasteiger partial charge in [0.1, 0.15) is 0 Å². The minimum Gasteiger partial charge on any atom is -0.399 e. The number of amides is 1. The molecule has 1 amide bonds. The molecule has 8 heteroatoms. The molecule has 0 unspecified atom stereocenters. The van der Waals surface area contributed by atoms with Gasteiger partial charge >= 0.3 is 0 Å². The van der Waals surface area contributed by atoms with Gasteiger partial charge in [0.2, 0.25) is 15.9 Å². The lowest BCUT2D eigenvalue weighted by molar-refractivity contribution is -0.119. The fourth-order valence-electron chi connectivity index (χ4n) is 1.22. The maximum atomic E-state index is 11.9. The first kappa shape index (κ1) is 14.9. The zero-order valence-electron chi connectivity index (χ0n) is 9.73. The van der Waals surface area contributed by atoms with Gasteiger partial charge in [0, 0.05) is 16.7 Å². The fraction of sp³-hybridized carbons (Fsp3) is 0.300. The maximum absolute atomic E-state index is 11.9. The minimum absolute atomic E-state index is 0.00629. The van der Waals surface area contributed by atoms with Crippen molar-refractivity contribution in [2.45, 2.75) is 11.8 Å². The van der Waals surface area contributed by atoms with Crippen molar-refractivity contribution in [2.24, 2.45) is 0 Å². The van der Waals surface area contributed by atoms with Crippen LogP contribution in [-0.4, -0.2) is 27.4 Å². The smallest absolute Gasteiger partial charge is 0.242 e. The summed E-state index contributed by atoms with van der Waals surface area (Å²) in [5, 5.41) is 2.49. The number of anilines is 1. The highest BCUT2D eigenvalue weighted by Gasteiger charge is 2.18. The molecule has 1 rings (SSSR count). The zero-order chi connectivity index (χ0) is 13.8. The lowest BCUT2D eigenvalue weighted by atomic mass is 10.3. The van der Waals surface area contributed by atoms with E-state index in [9.17, 15) is 13.2 Å². The molecule has 1 aromatic rings. The predicted octanol–water partition coefficient (Wildman–Crippen LogP) is 0.446. The summed E-state index contributed by atoms with van der Waals surface area (Å²) in [6.45, 7) is 1.89. The summed E-state index contributed by atoms with van der Waals surface area (Å²) >= 11 is 3.13. The SMILES string of the molecule is CCNC(=O)CNS(=O)(=O)c1cc(N)ccc1Br. The predicted molar refractivity (Wildman–Crippen MR) is 72.4 cm³/mol. The Morgan fingerprint density at radius 2 is 2.11 bits per heavy atom. The molecule has 4 N–H and O–H groups in total. The first-order valence-electron chi connectivity index (χ1n) is 5.18. The summed E-state index contributed by atoms with van der Waals surface area (Å²) < 4.78 is 26.5. The van der Waals surface area contributed by atoms with E-state index < -0.39 is 10.0 Å². The number of carbonyl (C=O) groups is 1. The van der Waals surface area contributed by atoms with Crippen LogP contribution in [0.2, 0.25) is 0 Å². The van der Waals surface area contributed by atoms with E-state index >= 15 is 0 Å². The van der Waals surface area contributed by atoms with Crippen molar-refractivity contribution in [2.75, 3.05) is 18.8 Å². The van der Waals surface area contributed by atoms with Crippen molar-refractivity contribution >= 4 is 37.5 Å². The molecule has 0 heterocycles. The molecule has 0 bridgehead atoms. The van der Waals surface area contributed by atoms with Crippen molar-refractivity contribution in [1.82, 2.24) is 10.0 Å². The number of halogens is 1. The van der Waals surface area contributed by atoms with Crippen LogP contribution in [0.15, 0.2) is 27.6 Å². The standard InChI is InChI=1S/C10H14BrN3O3S/c1-2-13-10(15)6-14-18(16,17)9-5-7(12)3-4-8(9)11/h3-5,14H,2,6,12H2,1H3,(H,13,15). The summed E-state index contributed by atoms with van der Waals surface area (Å²) in [6, 6.07) is 4.44. The van der Waals surface area contributed by atoms with Crippen LogP contribution in [0.5, 0.6) is 0 Å². The Balaban J connectivity index is 2.87. The maximum Gasteiger partial charge on any atom is 0.242 e. The Hall–Kier alpha value is -1.12. The first-order valence-corrected chi connectivity index (χ1v) is 7.46. The van der Waals surface area contributed by atoms with Gasteiger partial charge in [0.25, 0.3) is 0 Å². The van der Waals surface area contributed by atoms with Gasteiger partial charge in [0.05, 0.1) is 11.4 Å². The third kappa shape index (κ3) is 3.97. The van der Waals surface area contributed by atoms with Crippen LogP contribution in [-0.2, 0) is 14.8 Å². The molecule has 0 saturated carbocycles. The average molecular weight is 336 g/mol. The van der Waals surface area contributed by atoms with Gasteiger partial charge in [-0.05, 0) is 41.1 Å². The molecule has 0 fully saturated rings. The summed E-state index contributed by atoms with van der Waals surface area (Å²) in [5.74, 6) is -0.388. The van der Waals surface area contributed by atoms with Crippen LogP contribution in [0, 0.1) is 0 Å². The van der Waals surface area contributed by atoms with Gasteiger partial charge in [-0.15, -0.1) is 0 Å². The summed E-state index contributed by atoms with van der Waals surface area (Å²) in [7, 11) is -3.76. The molecule has 0 aliphatic heterocycles. The monoisotopic (exact) mass is 335 g/mol. The minimum atomic E-state index is -3.76. The summed E-state index contributed by atoms with van der Waals surface area (Å²) in [5.41, 5.74) is 5.87. The van der Waals surface area contributed by atoms with Crippen molar-refractivity contribution in [1.29, 1.82) is 0 Å². The molecule has 18 heavy (non-hydrogen) atoms. The van der Waals surface area contributed by atoms with Gasteiger partial charge in [-0.1, -0.05) is 0 Å². The molecule has 6 nitrogen and oxygen atoms in total. The number of sulfonamides is 1. The Morgan fingerprint density at radius 3 is 2.72 bits per heavy atom. The highest BCUT2D eigenvalue weighted by Crippen LogP contribution is 2.23. The number of nitrogen functional groups attached to an aromatic ring is 1. The quantitative estimate of drug-likeness (QED) is 0.680. The molecular formula is C10H14BrN3O3S. The van der Waals surface area contributed by atoms with Gasteiger partial charge < -0.3 is 11.1 Å². The zero-order valence-corrected chi connectivity index (χ0v) is 12.1.